The second-order valence-electron chi connectivity index (χ2n) is 9.78. The van der Waals surface area contributed by atoms with Crippen molar-refractivity contribution < 1.29 is 38.1 Å². The predicted molar refractivity (Wildman–Crippen MR) is 161 cm³/mol. The number of benzene rings is 3. The molecule has 0 heterocycles. The number of carbonyl (C=O) groups excluding carboxylic acids is 4. The zero-order valence-corrected chi connectivity index (χ0v) is 24.7. The van der Waals surface area contributed by atoms with Gasteiger partial charge in [0.25, 0.3) is 0 Å². The van der Waals surface area contributed by atoms with E-state index in [1.807, 2.05) is 67.6 Å². The Morgan fingerprint density at radius 1 is 0.698 bits per heavy atom. The number of esters is 2. The van der Waals surface area contributed by atoms with Crippen molar-refractivity contribution in [2.24, 2.45) is 10.4 Å². The van der Waals surface area contributed by atoms with Crippen molar-refractivity contribution in [2.75, 3.05) is 27.4 Å². The van der Waals surface area contributed by atoms with E-state index in [-0.39, 0.29) is 38.3 Å². The average molecular weight is 588 g/mol. The summed E-state index contributed by atoms with van der Waals surface area (Å²) in [5.74, 6) is -2.15. The van der Waals surface area contributed by atoms with Crippen molar-refractivity contribution in [2.45, 2.75) is 38.6 Å². The SMILES string of the molecule is CCCOC(=O)OCCCC(CC(N=C(c1ccccc1)c1ccccc1)C(=O)c1ccccc1)(C(=O)OC)C(=O)OC. The molecule has 0 fully saturated rings. The van der Waals surface area contributed by atoms with Gasteiger partial charge in [-0.2, -0.15) is 0 Å². The third-order valence-corrected chi connectivity index (χ3v) is 6.83. The van der Waals surface area contributed by atoms with Crippen LogP contribution >= 0.6 is 0 Å². The topological polar surface area (TPSA) is 118 Å². The van der Waals surface area contributed by atoms with Gasteiger partial charge in [0.1, 0.15) is 6.04 Å². The van der Waals surface area contributed by atoms with Gasteiger partial charge in [0, 0.05) is 23.1 Å². The molecule has 1 unspecified atom stereocenters. The number of rotatable bonds is 15. The number of aliphatic imine (C=N–C) groups is 1. The first-order valence-corrected chi connectivity index (χ1v) is 14.1. The smallest absolute Gasteiger partial charge is 0.468 e. The van der Waals surface area contributed by atoms with Crippen LogP contribution in [0.3, 0.4) is 0 Å². The van der Waals surface area contributed by atoms with E-state index in [1.54, 1.807) is 30.3 Å². The minimum atomic E-state index is -1.92. The molecule has 1 atom stereocenters. The van der Waals surface area contributed by atoms with Crippen molar-refractivity contribution in [3.63, 3.8) is 0 Å². The Balaban J connectivity index is 2.10. The minimum absolute atomic E-state index is 0.0889. The van der Waals surface area contributed by atoms with E-state index in [0.29, 0.717) is 17.7 Å². The summed E-state index contributed by atoms with van der Waals surface area (Å²) in [7, 11) is 2.32. The molecule has 0 aliphatic heterocycles. The third kappa shape index (κ3) is 8.85. The number of methoxy groups -OCH3 is 2. The number of ether oxygens (including phenoxy) is 4. The molecular weight excluding hydrogens is 550 g/mol. The van der Waals surface area contributed by atoms with Crippen LogP contribution in [-0.4, -0.2) is 63.1 Å². The van der Waals surface area contributed by atoms with Crippen LogP contribution in [0.15, 0.2) is 96.0 Å². The van der Waals surface area contributed by atoms with Gasteiger partial charge in [0.2, 0.25) is 0 Å². The quantitative estimate of drug-likeness (QED) is 0.0544. The molecule has 0 amide bonds. The highest BCUT2D eigenvalue weighted by atomic mass is 16.7. The Bertz CT molecular complexity index is 1320. The predicted octanol–water partition coefficient (Wildman–Crippen LogP) is 5.84. The molecule has 0 saturated carbocycles. The molecule has 0 N–H and O–H groups in total. The number of hydrogen-bond donors (Lipinski definition) is 0. The molecule has 0 aromatic heterocycles. The lowest BCUT2D eigenvalue weighted by Crippen LogP contribution is -2.45. The maximum Gasteiger partial charge on any atom is 0.508 e. The van der Waals surface area contributed by atoms with Gasteiger partial charge in [-0.3, -0.25) is 19.4 Å². The van der Waals surface area contributed by atoms with Crippen LogP contribution in [0, 0.1) is 5.41 Å². The van der Waals surface area contributed by atoms with Gasteiger partial charge < -0.3 is 18.9 Å². The molecule has 226 valence electrons. The Labute approximate surface area is 251 Å². The lowest BCUT2D eigenvalue weighted by atomic mass is 9.76. The average Bonchev–Trinajstić information content (AvgIpc) is 3.06. The van der Waals surface area contributed by atoms with Gasteiger partial charge in [-0.25, -0.2) is 4.79 Å². The zero-order valence-electron chi connectivity index (χ0n) is 24.7. The number of nitrogens with zero attached hydrogens (tertiary/aromatic N) is 1. The molecule has 0 aliphatic carbocycles. The normalized spacial score (nSPS) is 11.5. The third-order valence-electron chi connectivity index (χ3n) is 6.83. The molecule has 0 radical (unpaired) electrons. The van der Waals surface area contributed by atoms with Gasteiger partial charge in [0.05, 0.1) is 33.1 Å². The van der Waals surface area contributed by atoms with E-state index in [9.17, 15) is 19.2 Å². The highest BCUT2D eigenvalue weighted by molar-refractivity contribution is 6.14. The van der Waals surface area contributed by atoms with E-state index in [2.05, 4.69) is 0 Å². The lowest BCUT2D eigenvalue weighted by Gasteiger charge is -2.30. The summed E-state index contributed by atoms with van der Waals surface area (Å²) in [5, 5.41) is 0. The molecule has 0 aliphatic rings. The Hall–Kier alpha value is -4.79. The standard InChI is InChI=1S/C34H37NO8/c1-4-22-42-33(39)43-23-14-21-34(31(37)40-2,32(38)41-3)24-28(30(36)27-19-12-7-13-20-27)35-29(25-15-8-5-9-16-25)26-17-10-6-11-18-26/h5-13,15-20,28H,4,14,21-24H2,1-3H3. The molecule has 0 bridgehead atoms. The van der Waals surface area contributed by atoms with E-state index < -0.39 is 29.6 Å². The minimum Gasteiger partial charge on any atom is -0.468 e. The zero-order chi connectivity index (χ0) is 31.1. The van der Waals surface area contributed by atoms with E-state index in [4.69, 9.17) is 23.9 Å². The fraction of sp³-hybridized carbons (Fsp3) is 0.324. The summed E-state index contributed by atoms with van der Waals surface area (Å²) < 4.78 is 20.2. The highest BCUT2D eigenvalue weighted by Crippen LogP contribution is 2.36. The first-order chi connectivity index (χ1) is 20.9. The number of Topliss-reactive ketones (excluding diaryl/α,β-unsaturated/α-hetero) is 1. The summed E-state index contributed by atoms with van der Waals surface area (Å²) >= 11 is 0. The van der Waals surface area contributed by atoms with Crippen molar-refractivity contribution in [3.8, 4) is 0 Å². The maximum atomic E-state index is 14.1. The van der Waals surface area contributed by atoms with Gasteiger partial charge in [-0.05, 0) is 19.3 Å². The Morgan fingerprint density at radius 2 is 1.16 bits per heavy atom. The number of ketones is 1. The van der Waals surface area contributed by atoms with Crippen LogP contribution in [0.5, 0.6) is 0 Å². The summed E-state index contributed by atoms with van der Waals surface area (Å²) in [6.07, 6.45) is -0.600. The van der Waals surface area contributed by atoms with E-state index >= 15 is 0 Å². The first-order valence-electron chi connectivity index (χ1n) is 14.1. The Morgan fingerprint density at radius 3 is 1.63 bits per heavy atom. The van der Waals surface area contributed by atoms with Crippen LogP contribution in [0.4, 0.5) is 4.79 Å². The van der Waals surface area contributed by atoms with Crippen LogP contribution in [0.25, 0.3) is 0 Å². The van der Waals surface area contributed by atoms with Crippen molar-refractivity contribution in [1.82, 2.24) is 0 Å². The summed E-state index contributed by atoms with van der Waals surface area (Å²) in [6.45, 7) is 1.93. The van der Waals surface area contributed by atoms with Gasteiger partial charge in [0.15, 0.2) is 11.2 Å². The number of carbonyl (C=O) groups is 4. The fourth-order valence-corrected chi connectivity index (χ4v) is 4.69. The molecule has 0 saturated heterocycles. The molecule has 9 heteroatoms. The molecule has 9 nitrogen and oxygen atoms in total. The molecule has 3 rings (SSSR count). The summed E-state index contributed by atoms with van der Waals surface area (Å²) in [4.78, 5) is 57.7. The molecule has 3 aromatic carbocycles. The van der Waals surface area contributed by atoms with Crippen molar-refractivity contribution in [1.29, 1.82) is 0 Å². The first kappa shape index (κ1) is 32.7. The monoisotopic (exact) mass is 587 g/mol. The maximum absolute atomic E-state index is 14.1. The lowest BCUT2D eigenvalue weighted by molar-refractivity contribution is -0.170. The van der Waals surface area contributed by atoms with Crippen LogP contribution in [0.1, 0.15) is 54.1 Å². The van der Waals surface area contributed by atoms with Crippen LogP contribution in [0.2, 0.25) is 0 Å². The van der Waals surface area contributed by atoms with E-state index in [1.165, 1.54) is 0 Å². The second kappa shape index (κ2) is 16.6. The van der Waals surface area contributed by atoms with Gasteiger partial charge in [-0.15, -0.1) is 0 Å². The molecule has 43 heavy (non-hydrogen) atoms. The molecular formula is C34H37NO8. The molecule has 3 aromatic rings. The number of hydrogen-bond acceptors (Lipinski definition) is 9. The van der Waals surface area contributed by atoms with Crippen molar-refractivity contribution in [3.05, 3.63) is 108 Å². The largest absolute Gasteiger partial charge is 0.508 e. The fourth-order valence-electron chi connectivity index (χ4n) is 4.69. The van der Waals surface area contributed by atoms with Gasteiger partial charge >= 0.3 is 18.1 Å². The van der Waals surface area contributed by atoms with Gasteiger partial charge in [-0.1, -0.05) is 97.9 Å². The molecule has 0 spiro atoms. The highest BCUT2D eigenvalue weighted by Gasteiger charge is 2.50. The Kier molecular flexibility index (Phi) is 12.6. The summed E-state index contributed by atoms with van der Waals surface area (Å²) in [5.41, 5.74) is 0.459. The van der Waals surface area contributed by atoms with Crippen molar-refractivity contribution >= 4 is 29.6 Å². The van der Waals surface area contributed by atoms with Crippen LogP contribution in [-0.2, 0) is 28.5 Å². The summed E-state index contributed by atoms with van der Waals surface area (Å²) in [6, 6.07) is 26.1. The van der Waals surface area contributed by atoms with E-state index in [0.717, 1.165) is 25.3 Å². The van der Waals surface area contributed by atoms with Crippen LogP contribution < -0.4 is 0 Å². The second-order valence-corrected chi connectivity index (χ2v) is 9.78.